The van der Waals surface area contributed by atoms with E-state index in [9.17, 15) is 27.6 Å². The van der Waals surface area contributed by atoms with Crippen LogP contribution < -0.4 is 20.6 Å². The Labute approximate surface area is 205 Å². The highest BCUT2D eigenvalue weighted by Gasteiger charge is 2.53. The average Bonchev–Trinajstić information content (AvgIpc) is 3.47. The van der Waals surface area contributed by atoms with Crippen molar-refractivity contribution in [2.24, 2.45) is 11.1 Å². The van der Waals surface area contributed by atoms with Crippen LogP contribution in [-0.4, -0.2) is 36.0 Å². The first-order chi connectivity index (χ1) is 16.1. The number of carbonyl (C=O) groups excluding carboxylic acids is 3. The van der Waals surface area contributed by atoms with Gasteiger partial charge < -0.3 is 5.32 Å². The quantitative estimate of drug-likeness (QED) is 0.413. The Balaban J connectivity index is 1.45. The number of sulfonamides is 1. The first-order valence-corrected chi connectivity index (χ1v) is 14.0. The van der Waals surface area contributed by atoms with E-state index in [1.165, 1.54) is 40.2 Å². The van der Waals surface area contributed by atoms with Gasteiger partial charge in [-0.2, -0.15) is 0 Å². The van der Waals surface area contributed by atoms with Crippen LogP contribution in [0.3, 0.4) is 0 Å². The smallest absolute Gasteiger partial charge is 0.308 e. The zero-order valence-electron chi connectivity index (χ0n) is 17.1. The lowest BCUT2D eigenvalue weighted by molar-refractivity contribution is -0.126. The summed E-state index contributed by atoms with van der Waals surface area (Å²) in [6.07, 6.45) is 0. The van der Waals surface area contributed by atoms with Gasteiger partial charge in [-0.25, -0.2) is 13.6 Å². The zero-order valence-corrected chi connectivity index (χ0v) is 20.4. The summed E-state index contributed by atoms with van der Waals surface area (Å²) in [5.74, 6) is -2.34. The molecule has 1 saturated heterocycles. The molecule has 0 radical (unpaired) electrons. The molecule has 2 aliphatic heterocycles. The lowest BCUT2D eigenvalue weighted by atomic mass is 9.87. The fourth-order valence-corrected chi connectivity index (χ4v) is 8.23. The molecule has 5 rings (SSSR count). The number of hydrogen-bond acceptors (Lipinski definition) is 9. The summed E-state index contributed by atoms with van der Waals surface area (Å²) in [5, 5.41) is 11.8. The molecule has 34 heavy (non-hydrogen) atoms. The number of nitrogens with two attached hydrogens (primary N) is 1. The van der Waals surface area contributed by atoms with Crippen LogP contribution in [0.4, 0.5) is 5.69 Å². The summed E-state index contributed by atoms with van der Waals surface area (Å²) < 4.78 is 24.1. The van der Waals surface area contributed by atoms with Crippen LogP contribution in [0.2, 0.25) is 0 Å². The van der Waals surface area contributed by atoms with Gasteiger partial charge in [0.15, 0.2) is 0 Å². The third kappa shape index (κ3) is 4.01. The number of nitrogens with zero attached hydrogens (tertiary/aromatic N) is 1. The van der Waals surface area contributed by atoms with Crippen molar-refractivity contribution < 1.29 is 22.8 Å². The van der Waals surface area contributed by atoms with Gasteiger partial charge in [0, 0.05) is 21.4 Å². The monoisotopic (exact) mass is 536 g/mol. The van der Waals surface area contributed by atoms with Gasteiger partial charge in [0.05, 0.1) is 15.8 Å². The molecule has 1 aromatic carbocycles. The molecule has 3 unspecified atom stereocenters. The van der Waals surface area contributed by atoms with Crippen molar-refractivity contribution in [2.45, 2.75) is 27.6 Å². The highest BCUT2D eigenvalue weighted by atomic mass is 32.2. The molecule has 3 atom stereocenters. The average molecular weight is 537 g/mol. The van der Waals surface area contributed by atoms with E-state index in [2.05, 4.69) is 10.6 Å². The molecule has 0 spiro atoms. The van der Waals surface area contributed by atoms with Crippen LogP contribution in [0, 0.1) is 5.92 Å². The third-order valence-electron chi connectivity index (χ3n) is 5.51. The Bertz CT molecular complexity index is 1470. The summed E-state index contributed by atoms with van der Waals surface area (Å²) in [7, 11) is -3.86. The highest BCUT2D eigenvalue weighted by molar-refractivity contribution is 8.00. The van der Waals surface area contributed by atoms with Crippen LogP contribution in [-0.2, 0) is 31.0 Å². The summed E-state index contributed by atoms with van der Waals surface area (Å²) >= 11 is 3.54. The maximum atomic E-state index is 12.9. The second-order valence-corrected chi connectivity index (χ2v) is 12.3. The molecule has 0 bridgehead atoms. The normalized spacial score (nSPS) is 21.6. The number of carbonyl (C=O) groups is 3. The van der Waals surface area contributed by atoms with E-state index in [0.717, 1.165) is 28.0 Å². The molecule has 14 heteroatoms. The topological polar surface area (TPSA) is 157 Å². The van der Waals surface area contributed by atoms with Gasteiger partial charge >= 0.3 is 4.87 Å². The number of imide groups is 1. The Morgan fingerprint density at radius 1 is 1.12 bits per heavy atom. The zero-order chi connectivity index (χ0) is 24.2. The molecule has 0 aliphatic carbocycles. The second kappa shape index (κ2) is 8.46. The van der Waals surface area contributed by atoms with Crippen LogP contribution in [0.15, 0.2) is 56.5 Å². The molecule has 2 aromatic heterocycles. The Hall–Kier alpha value is -2.78. The number of aromatic nitrogens is 1. The number of thioether (sulfide) groups is 1. The van der Waals surface area contributed by atoms with Crippen molar-refractivity contribution in [3.8, 4) is 0 Å². The molecule has 1 fully saturated rings. The van der Waals surface area contributed by atoms with Crippen molar-refractivity contribution in [3.05, 3.63) is 61.2 Å². The molecule has 4 N–H and O–H groups in total. The molecule has 3 aromatic rings. The third-order valence-corrected chi connectivity index (χ3v) is 10.0. The molecule has 2 aliphatic rings. The van der Waals surface area contributed by atoms with E-state index in [1.807, 2.05) is 17.5 Å². The van der Waals surface area contributed by atoms with Gasteiger partial charge in [0.2, 0.25) is 27.7 Å². The summed E-state index contributed by atoms with van der Waals surface area (Å²) in [4.78, 5) is 51.7. The van der Waals surface area contributed by atoms with Gasteiger partial charge in [0.1, 0.15) is 11.8 Å². The van der Waals surface area contributed by atoms with Crippen molar-refractivity contribution in [1.29, 1.82) is 0 Å². The van der Waals surface area contributed by atoms with Crippen molar-refractivity contribution in [3.63, 3.8) is 0 Å². The minimum Gasteiger partial charge on any atom is -0.325 e. The molecule has 4 heterocycles. The lowest BCUT2D eigenvalue weighted by Gasteiger charge is -2.29. The maximum Gasteiger partial charge on any atom is 0.308 e. The number of thiazole rings is 1. The standard InChI is InChI=1S/C20H16N4O6S4/c21-34(29,30)10-5-3-9(4-6-10)22-12(25)8-24-19-16(33-20(24)28)13(11-2-1-7-31-11)14-15(32-19)18(27)23-17(14)26/h1-7,13-15H,8H2,(H,22,25)(H2,21,29,30)(H,23,26,27). The van der Waals surface area contributed by atoms with Crippen LogP contribution in [0.25, 0.3) is 0 Å². The summed E-state index contributed by atoms with van der Waals surface area (Å²) in [5.41, 5.74) is 0.333. The first kappa shape index (κ1) is 23.0. The van der Waals surface area contributed by atoms with Gasteiger partial charge in [-0.3, -0.25) is 29.1 Å². The van der Waals surface area contributed by atoms with E-state index >= 15 is 0 Å². The van der Waals surface area contributed by atoms with E-state index in [4.69, 9.17) is 5.14 Å². The van der Waals surface area contributed by atoms with Gasteiger partial charge in [-0.15, -0.1) is 11.3 Å². The summed E-state index contributed by atoms with van der Waals surface area (Å²) in [6, 6.07) is 9.03. The number of rotatable bonds is 5. The fourth-order valence-electron chi connectivity index (χ4n) is 4.02. The minimum atomic E-state index is -3.86. The Morgan fingerprint density at radius 2 is 1.85 bits per heavy atom. The van der Waals surface area contributed by atoms with Crippen LogP contribution in [0.5, 0.6) is 0 Å². The molecular formula is C20H16N4O6S4. The van der Waals surface area contributed by atoms with Crippen molar-refractivity contribution in [2.75, 3.05) is 5.32 Å². The SMILES string of the molecule is NS(=O)(=O)c1ccc(NC(=O)Cn2c3c(sc2=O)C(c2cccs2)C2C(=O)NC(=O)C2S3)cc1. The molecule has 3 amide bonds. The predicted octanol–water partition coefficient (Wildman–Crippen LogP) is 1.14. The molecular weight excluding hydrogens is 521 g/mol. The molecule has 176 valence electrons. The lowest BCUT2D eigenvalue weighted by Crippen LogP contribution is -2.32. The fraction of sp³-hybridized carbons (Fsp3) is 0.200. The number of amides is 3. The highest BCUT2D eigenvalue weighted by Crippen LogP contribution is 2.52. The first-order valence-electron chi connectivity index (χ1n) is 9.84. The number of thiophene rings is 1. The van der Waals surface area contributed by atoms with Crippen LogP contribution in [0.1, 0.15) is 15.7 Å². The Morgan fingerprint density at radius 3 is 2.50 bits per heavy atom. The number of primary sulfonamides is 1. The summed E-state index contributed by atoms with van der Waals surface area (Å²) in [6.45, 7) is -0.307. The number of fused-ring (bicyclic) bond motifs is 2. The maximum absolute atomic E-state index is 12.9. The number of anilines is 1. The van der Waals surface area contributed by atoms with Crippen molar-refractivity contribution in [1.82, 2.24) is 9.88 Å². The predicted molar refractivity (Wildman–Crippen MR) is 127 cm³/mol. The number of benzene rings is 1. The van der Waals surface area contributed by atoms with Gasteiger partial charge in [-0.1, -0.05) is 29.2 Å². The van der Waals surface area contributed by atoms with E-state index in [0.29, 0.717) is 15.6 Å². The molecule has 10 nitrogen and oxygen atoms in total. The second-order valence-electron chi connectivity index (χ2n) is 7.65. The van der Waals surface area contributed by atoms with E-state index in [1.54, 1.807) is 0 Å². The minimum absolute atomic E-state index is 0.0939. The number of nitrogens with one attached hydrogen (secondary N) is 2. The van der Waals surface area contributed by atoms with Crippen molar-refractivity contribution >= 4 is 67.9 Å². The largest absolute Gasteiger partial charge is 0.325 e. The van der Waals surface area contributed by atoms with E-state index < -0.39 is 38.9 Å². The Kier molecular flexibility index (Phi) is 5.72. The number of hydrogen-bond donors (Lipinski definition) is 3. The van der Waals surface area contributed by atoms with Crippen LogP contribution >= 0.6 is 34.4 Å². The van der Waals surface area contributed by atoms with Gasteiger partial charge in [-0.05, 0) is 35.7 Å². The van der Waals surface area contributed by atoms with Gasteiger partial charge in [0.25, 0.3) is 0 Å². The molecule has 0 saturated carbocycles. The van der Waals surface area contributed by atoms with E-state index in [-0.39, 0.29) is 22.2 Å².